The van der Waals surface area contributed by atoms with Crippen LogP contribution in [-0.4, -0.2) is 13.1 Å². The lowest BCUT2D eigenvalue weighted by atomic mass is 9.88. The summed E-state index contributed by atoms with van der Waals surface area (Å²) in [6, 6.07) is 5.79. The molecule has 0 aliphatic heterocycles. The summed E-state index contributed by atoms with van der Waals surface area (Å²) < 4.78 is 14.2. The van der Waals surface area contributed by atoms with E-state index in [0.717, 1.165) is 17.9 Å². The van der Waals surface area contributed by atoms with Gasteiger partial charge in [0.15, 0.2) is 0 Å². The van der Waals surface area contributed by atoms with E-state index >= 15 is 0 Å². The van der Waals surface area contributed by atoms with Gasteiger partial charge >= 0.3 is 0 Å². The second kappa shape index (κ2) is 7.39. The van der Waals surface area contributed by atoms with Crippen molar-refractivity contribution in [2.24, 2.45) is 5.92 Å². The zero-order valence-electron chi connectivity index (χ0n) is 11.6. The number of hydrogen-bond acceptors (Lipinski definition) is 1. The Balaban J connectivity index is 2.07. The van der Waals surface area contributed by atoms with Gasteiger partial charge in [-0.05, 0) is 59.8 Å². The predicted molar refractivity (Wildman–Crippen MR) is 81.8 cm³/mol. The van der Waals surface area contributed by atoms with E-state index in [4.69, 9.17) is 0 Å². The number of halogens is 2. The molecular weight excluding hydrogens is 305 g/mol. The van der Waals surface area contributed by atoms with Crippen molar-refractivity contribution in [3.63, 3.8) is 0 Å². The third kappa shape index (κ3) is 4.03. The number of hydrogen-bond donors (Lipinski definition) is 1. The molecular formula is C16H23BrFN. The molecule has 1 aromatic rings. The van der Waals surface area contributed by atoms with Crippen molar-refractivity contribution in [2.75, 3.05) is 7.05 Å². The minimum atomic E-state index is -0.159. The fourth-order valence-corrected chi connectivity index (χ4v) is 3.59. The predicted octanol–water partition coefficient (Wildman–Crippen LogP) is 4.69. The molecule has 0 heterocycles. The number of nitrogens with one attached hydrogen (secondary N) is 1. The molecule has 1 fully saturated rings. The number of rotatable bonds is 4. The Morgan fingerprint density at radius 3 is 2.58 bits per heavy atom. The van der Waals surface area contributed by atoms with Gasteiger partial charge in [-0.15, -0.1) is 0 Å². The Bertz CT molecular complexity index is 400. The maximum atomic E-state index is 13.6. The van der Waals surface area contributed by atoms with E-state index in [9.17, 15) is 4.39 Å². The average Bonchev–Trinajstić information content (AvgIpc) is 2.69. The third-order valence-corrected chi connectivity index (χ3v) is 5.20. The summed E-state index contributed by atoms with van der Waals surface area (Å²) in [5, 5.41) is 3.45. The van der Waals surface area contributed by atoms with E-state index in [1.165, 1.54) is 44.6 Å². The number of likely N-dealkylation sites (N-methyl/N-ethyl adjacent to an activating group) is 1. The standard InChI is InChI=1S/C16H23BrFN/c1-19-15(12-7-4-2-3-5-8-12)11-13-9-6-10-14(18)16(13)17/h6,9-10,12,15,19H,2-5,7-8,11H2,1H3. The summed E-state index contributed by atoms with van der Waals surface area (Å²) in [4.78, 5) is 0. The quantitative estimate of drug-likeness (QED) is 0.791. The second-order valence-corrected chi connectivity index (χ2v) is 6.36. The first-order chi connectivity index (χ1) is 9.22. The molecule has 1 aliphatic rings. The van der Waals surface area contributed by atoms with E-state index < -0.39 is 0 Å². The molecule has 1 aliphatic carbocycles. The van der Waals surface area contributed by atoms with Gasteiger partial charge in [0.05, 0.1) is 4.47 Å². The molecule has 1 saturated carbocycles. The van der Waals surface area contributed by atoms with Crippen LogP contribution >= 0.6 is 15.9 Å². The van der Waals surface area contributed by atoms with Gasteiger partial charge < -0.3 is 5.32 Å². The molecule has 0 saturated heterocycles. The summed E-state index contributed by atoms with van der Waals surface area (Å²) in [7, 11) is 2.03. The molecule has 19 heavy (non-hydrogen) atoms. The lowest BCUT2D eigenvalue weighted by Crippen LogP contribution is -2.35. The highest BCUT2D eigenvalue weighted by molar-refractivity contribution is 9.10. The van der Waals surface area contributed by atoms with Crippen LogP contribution in [0.4, 0.5) is 4.39 Å². The first-order valence-electron chi connectivity index (χ1n) is 7.32. The maximum absolute atomic E-state index is 13.6. The van der Waals surface area contributed by atoms with Crippen LogP contribution in [0.5, 0.6) is 0 Å². The Hall–Kier alpha value is -0.410. The normalized spacial score (nSPS) is 19.1. The van der Waals surface area contributed by atoms with Crippen LogP contribution in [0.25, 0.3) is 0 Å². The fourth-order valence-electron chi connectivity index (χ4n) is 3.16. The first-order valence-corrected chi connectivity index (χ1v) is 8.12. The molecule has 1 aromatic carbocycles. The average molecular weight is 328 g/mol. The second-order valence-electron chi connectivity index (χ2n) is 5.56. The molecule has 1 atom stereocenters. The van der Waals surface area contributed by atoms with Crippen LogP contribution in [0.3, 0.4) is 0 Å². The molecule has 1 unspecified atom stereocenters. The maximum Gasteiger partial charge on any atom is 0.137 e. The van der Waals surface area contributed by atoms with Crippen molar-refractivity contribution in [1.29, 1.82) is 0 Å². The Labute approximate surface area is 124 Å². The highest BCUT2D eigenvalue weighted by atomic mass is 79.9. The Morgan fingerprint density at radius 2 is 1.95 bits per heavy atom. The molecule has 0 aromatic heterocycles. The third-order valence-electron chi connectivity index (χ3n) is 4.31. The lowest BCUT2D eigenvalue weighted by Gasteiger charge is -2.26. The SMILES string of the molecule is CNC(Cc1cccc(F)c1Br)C1CCCCCC1. The Kier molecular flexibility index (Phi) is 5.83. The smallest absolute Gasteiger partial charge is 0.137 e. The summed E-state index contributed by atoms with van der Waals surface area (Å²) in [5.74, 6) is 0.566. The van der Waals surface area contributed by atoms with Crippen LogP contribution in [0.1, 0.15) is 44.1 Å². The lowest BCUT2D eigenvalue weighted by molar-refractivity contribution is 0.332. The zero-order valence-corrected chi connectivity index (χ0v) is 13.2. The zero-order chi connectivity index (χ0) is 13.7. The van der Waals surface area contributed by atoms with Gasteiger partial charge in [0.2, 0.25) is 0 Å². The highest BCUT2D eigenvalue weighted by Crippen LogP contribution is 2.29. The molecule has 1 N–H and O–H groups in total. The molecule has 2 rings (SSSR count). The van der Waals surface area contributed by atoms with E-state index in [2.05, 4.69) is 21.2 Å². The molecule has 3 heteroatoms. The minimum Gasteiger partial charge on any atom is -0.316 e. The minimum absolute atomic E-state index is 0.159. The fraction of sp³-hybridized carbons (Fsp3) is 0.625. The largest absolute Gasteiger partial charge is 0.316 e. The summed E-state index contributed by atoms with van der Waals surface area (Å²) >= 11 is 3.37. The molecule has 0 radical (unpaired) electrons. The van der Waals surface area contributed by atoms with Crippen LogP contribution in [-0.2, 0) is 6.42 Å². The van der Waals surface area contributed by atoms with Gasteiger partial charge in [0, 0.05) is 6.04 Å². The topological polar surface area (TPSA) is 12.0 Å². The van der Waals surface area contributed by atoms with E-state index in [1.807, 2.05) is 13.1 Å². The summed E-state index contributed by atoms with van der Waals surface area (Å²) in [5.41, 5.74) is 1.07. The van der Waals surface area contributed by atoms with Crippen LogP contribution in [0, 0.1) is 11.7 Å². The van der Waals surface area contributed by atoms with Crippen molar-refractivity contribution in [2.45, 2.75) is 51.0 Å². The van der Waals surface area contributed by atoms with Crippen molar-refractivity contribution in [3.05, 3.63) is 34.1 Å². The summed E-state index contributed by atoms with van der Waals surface area (Å²) in [6.07, 6.45) is 8.93. The molecule has 0 amide bonds. The van der Waals surface area contributed by atoms with E-state index in [-0.39, 0.29) is 5.82 Å². The van der Waals surface area contributed by atoms with Gasteiger partial charge in [-0.2, -0.15) is 0 Å². The van der Waals surface area contributed by atoms with Gasteiger partial charge in [0.1, 0.15) is 5.82 Å². The molecule has 0 spiro atoms. The van der Waals surface area contributed by atoms with Crippen molar-refractivity contribution in [1.82, 2.24) is 5.32 Å². The molecule has 106 valence electrons. The highest BCUT2D eigenvalue weighted by Gasteiger charge is 2.22. The van der Waals surface area contributed by atoms with Gasteiger partial charge in [-0.25, -0.2) is 4.39 Å². The van der Waals surface area contributed by atoms with Crippen LogP contribution < -0.4 is 5.32 Å². The van der Waals surface area contributed by atoms with Crippen LogP contribution in [0.2, 0.25) is 0 Å². The van der Waals surface area contributed by atoms with Crippen molar-refractivity contribution < 1.29 is 4.39 Å². The summed E-state index contributed by atoms with van der Waals surface area (Å²) in [6.45, 7) is 0. The van der Waals surface area contributed by atoms with Crippen molar-refractivity contribution in [3.8, 4) is 0 Å². The van der Waals surface area contributed by atoms with Gasteiger partial charge in [0.25, 0.3) is 0 Å². The van der Waals surface area contributed by atoms with Gasteiger partial charge in [-0.1, -0.05) is 37.8 Å². The molecule has 1 nitrogen and oxygen atoms in total. The van der Waals surface area contributed by atoms with Crippen LogP contribution in [0.15, 0.2) is 22.7 Å². The monoisotopic (exact) mass is 327 g/mol. The Morgan fingerprint density at radius 1 is 1.26 bits per heavy atom. The number of benzene rings is 1. The van der Waals surface area contributed by atoms with E-state index in [1.54, 1.807) is 6.07 Å². The van der Waals surface area contributed by atoms with Crippen molar-refractivity contribution >= 4 is 15.9 Å². The van der Waals surface area contributed by atoms with E-state index in [0.29, 0.717) is 10.5 Å². The first kappa shape index (κ1) is 15.0. The van der Waals surface area contributed by atoms with Gasteiger partial charge in [-0.3, -0.25) is 0 Å². The molecule has 0 bridgehead atoms.